The van der Waals surface area contributed by atoms with Crippen LogP contribution in [0.1, 0.15) is 22.8 Å². The Morgan fingerprint density at radius 2 is 1.79 bits per heavy atom. The van der Waals surface area contributed by atoms with Gasteiger partial charge in [-0.15, -0.1) is 0 Å². The van der Waals surface area contributed by atoms with Gasteiger partial charge in [0.05, 0.1) is 0 Å². The van der Waals surface area contributed by atoms with Crippen LogP contribution in [-0.2, 0) is 0 Å². The molecule has 2 aromatic rings. The summed E-state index contributed by atoms with van der Waals surface area (Å²) < 4.78 is 0. The largest absolute Gasteiger partial charge is 0.289 e. The molecule has 0 amide bonds. The van der Waals surface area contributed by atoms with Gasteiger partial charge in [-0.2, -0.15) is 0 Å². The number of benzene rings is 1. The van der Waals surface area contributed by atoms with Gasteiger partial charge in [-0.3, -0.25) is 4.79 Å². The lowest BCUT2D eigenvalue weighted by atomic mass is 10.0. The van der Waals surface area contributed by atoms with E-state index in [1.54, 1.807) is 31.2 Å². The predicted octanol–water partition coefficient (Wildman–Crippen LogP) is 4.67. The molecular weight excluding hydrogens is 281 g/mol. The van der Waals surface area contributed by atoms with Gasteiger partial charge in [0, 0.05) is 16.8 Å². The number of allylic oxidation sites excluding steroid dienone is 1. The van der Waals surface area contributed by atoms with E-state index in [1.807, 2.05) is 18.2 Å². The number of rotatable bonds is 3. The van der Waals surface area contributed by atoms with Crippen molar-refractivity contribution < 1.29 is 4.79 Å². The third-order valence-electron chi connectivity index (χ3n) is 2.60. The fraction of sp³-hybridized carbons (Fsp3) is 0.0667. The molecule has 0 atom stereocenters. The highest BCUT2D eigenvalue weighted by Crippen LogP contribution is 2.15. The second-order valence-corrected chi connectivity index (χ2v) is 4.90. The topological polar surface area (TPSA) is 30.0 Å². The van der Waals surface area contributed by atoms with Crippen molar-refractivity contribution >= 4 is 35.1 Å². The van der Waals surface area contributed by atoms with Crippen LogP contribution in [-0.4, -0.2) is 10.8 Å². The van der Waals surface area contributed by atoms with Crippen molar-refractivity contribution in [3.05, 3.63) is 69.5 Å². The Hall–Kier alpha value is -1.64. The van der Waals surface area contributed by atoms with Gasteiger partial charge in [0.2, 0.25) is 0 Å². The normalized spacial score (nSPS) is 11.4. The average Bonchev–Trinajstić information content (AvgIpc) is 2.41. The Morgan fingerprint density at radius 1 is 1.11 bits per heavy atom. The van der Waals surface area contributed by atoms with Crippen LogP contribution in [0, 0.1) is 0 Å². The molecule has 2 nitrogen and oxygen atoms in total. The molecule has 96 valence electrons. The lowest BCUT2D eigenvalue weighted by Crippen LogP contribution is -2.01. The van der Waals surface area contributed by atoms with Crippen molar-refractivity contribution in [1.82, 2.24) is 4.98 Å². The first-order chi connectivity index (χ1) is 9.06. The molecule has 0 bridgehead atoms. The average molecular weight is 292 g/mol. The molecular formula is C15H11Cl2NO. The second kappa shape index (κ2) is 6.00. The van der Waals surface area contributed by atoms with E-state index in [0.29, 0.717) is 21.3 Å². The second-order valence-electron chi connectivity index (χ2n) is 4.08. The van der Waals surface area contributed by atoms with Crippen molar-refractivity contribution in [2.24, 2.45) is 0 Å². The Bertz CT molecular complexity index is 616. The molecule has 2 rings (SSSR count). The molecule has 1 heterocycles. The van der Waals surface area contributed by atoms with Gasteiger partial charge in [0.1, 0.15) is 5.15 Å². The molecule has 0 spiro atoms. The standard InChI is InChI=1S/C15H11Cl2NO/c1-10(8-11-2-5-13(16)6-3-11)15(19)12-4-7-14(17)18-9-12/h2-9H,1H3. The van der Waals surface area contributed by atoms with Gasteiger partial charge in [0.25, 0.3) is 0 Å². The summed E-state index contributed by atoms with van der Waals surface area (Å²) in [6, 6.07) is 10.6. The van der Waals surface area contributed by atoms with Crippen LogP contribution in [0.25, 0.3) is 6.08 Å². The quantitative estimate of drug-likeness (QED) is 0.467. The number of aromatic nitrogens is 1. The van der Waals surface area contributed by atoms with Crippen LogP contribution >= 0.6 is 23.2 Å². The van der Waals surface area contributed by atoms with Crippen molar-refractivity contribution in [3.8, 4) is 0 Å². The number of hydrogen-bond donors (Lipinski definition) is 0. The number of pyridine rings is 1. The van der Waals surface area contributed by atoms with E-state index < -0.39 is 0 Å². The Balaban J connectivity index is 2.23. The molecule has 0 aliphatic heterocycles. The first-order valence-corrected chi connectivity index (χ1v) is 6.42. The lowest BCUT2D eigenvalue weighted by Gasteiger charge is -2.01. The van der Waals surface area contributed by atoms with Gasteiger partial charge in [-0.05, 0) is 48.4 Å². The van der Waals surface area contributed by atoms with Crippen molar-refractivity contribution in [3.63, 3.8) is 0 Å². The van der Waals surface area contributed by atoms with E-state index in [0.717, 1.165) is 5.56 Å². The summed E-state index contributed by atoms with van der Waals surface area (Å²) in [6.07, 6.45) is 3.29. The van der Waals surface area contributed by atoms with Crippen LogP contribution in [0.3, 0.4) is 0 Å². The summed E-state index contributed by atoms with van der Waals surface area (Å²) in [7, 11) is 0. The smallest absolute Gasteiger partial charge is 0.190 e. The maximum Gasteiger partial charge on any atom is 0.190 e. The molecule has 0 aliphatic carbocycles. The van der Waals surface area contributed by atoms with E-state index in [4.69, 9.17) is 23.2 Å². The molecule has 1 aromatic carbocycles. The molecule has 0 aliphatic rings. The molecule has 19 heavy (non-hydrogen) atoms. The number of nitrogens with zero attached hydrogens (tertiary/aromatic N) is 1. The fourth-order valence-corrected chi connectivity index (χ4v) is 1.85. The molecule has 0 unspecified atom stereocenters. The zero-order chi connectivity index (χ0) is 13.8. The molecule has 0 radical (unpaired) electrons. The Morgan fingerprint density at radius 3 is 2.37 bits per heavy atom. The van der Waals surface area contributed by atoms with E-state index in [9.17, 15) is 4.79 Å². The summed E-state index contributed by atoms with van der Waals surface area (Å²) >= 11 is 11.5. The first-order valence-electron chi connectivity index (χ1n) is 5.66. The summed E-state index contributed by atoms with van der Waals surface area (Å²) in [5.41, 5.74) is 2.08. The van der Waals surface area contributed by atoms with E-state index in [-0.39, 0.29) is 5.78 Å². The van der Waals surface area contributed by atoms with Gasteiger partial charge >= 0.3 is 0 Å². The number of halogens is 2. The predicted molar refractivity (Wildman–Crippen MR) is 78.7 cm³/mol. The molecule has 1 aromatic heterocycles. The van der Waals surface area contributed by atoms with Gasteiger partial charge < -0.3 is 0 Å². The van der Waals surface area contributed by atoms with Gasteiger partial charge in [-0.25, -0.2) is 4.98 Å². The van der Waals surface area contributed by atoms with Crippen LogP contribution < -0.4 is 0 Å². The number of hydrogen-bond acceptors (Lipinski definition) is 2. The summed E-state index contributed by atoms with van der Waals surface area (Å²) in [5.74, 6) is -0.0703. The Labute approximate surface area is 121 Å². The lowest BCUT2D eigenvalue weighted by molar-refractivity contribution is 0.103. The van der Waals surface area contributed by atoms with Crippen LogP contribution in [0.15, 0.2) is 48.2 Å². The monoisotopic (exact) mass is 291 g/mol. The number of Topliss-reactive ketones (excluding diaryl/α,β-unsaturated/α-hetero) is 1. The number of carbonyl (C=O) groups excluding carboxylic acids is 1. The van der Waals surface area contributed by atoms with E-state index in [2.05, 4.69) is 4.98 Å². The highest BCUT2D eigenvalue weighted by molar-refractivity contribution is 6.30. The van der Waals surface area contributed by atoms with E-state index >= 15 is 0 Å². The zero-order valence-corrected chi connectivity index (χ0v) is 11.7. The van der Waals surface area contributed by atoms with Crippen LogP contribution in [0.5, 0.6) is 0 Å². The van der Waals surface area contributed by atoms with Crippen molar-refractivity contribution in [2.45, 2.75) is 6.92 Å². The molecule has 0 saturated heterocycles. The van der Waals surface area contributed by atoms with Gasteiger partial charge in [0.15, 0.2) is 5.78 Å². The van der Waals surface area contributed by atoms with Crippen LogP contribution in [0.4, 0.5) is 0 Å². The number of ketones is 1. The minimum absolute atomic E-state index is 0.0703. The van der Waals surface area contributed by atoms with E-state index in [1.165, 1.54) is 6.20 Å². The minimum Gasteiger partial charge on any atom is -0.289 e. The zero-order valence-electron chi connectivity index (χ0n) is 10.2. The summed E-state index contributed by atoms with van der Waals surface area (Å²) in [5, 5.41) is 1.04. The fourth-order valence-electron chi connectivity index (χ4n) is 1.61. The highest BCUT2D eigenvalue weighted by atomic mass is 35.5. The van der Waals surface area contributed by atoms with Gasteiger partial charge in [-0.1, -0.05) is 35.3 Å². The molecule has 0 N–H and O–H groups in total. The Kier molecular flexibility index (Phi) is 4.35. The maximum absolute atomic E-state index is 12.1. The third kappa shape index (κ3) is 3.66. The third-order valence-corrected chi connectivity index (χ3v) is 3.08. The molecule has 0 fully saturated rings. The highest BCUT2D eigenvalue weighted by Gasteiger charge is 2.08. The molecule has 4 heteroatoms. The summed E-state index contributed by atoms with van der Waals surface area (Å²) in [6.45, 7) is 1.77. The van der Waals surface area contributed by atoms with Crippen LogP contribution in [0.2, 0.25) is 10.2 Å². The first kappa shape index (κ1) is 13.8. The minimum atomic E-state index is -0.0703. The maximum atomic E-state index is 12.1. The molecule has 0 saturated carbocycles. The summed E-state index contributed by atoms with van der Waals surface area (Å²) in [4.78, 5) is 16.1. The van der Waals surface area contributed by atoms with Crippen molar-refractivity contribution in [1.29, 1.82) is 0 Å². The number of carbonyl (C=O) groups is 1. The SMILES string of the molecule is CC(=Cc1ccc(Cl)cc1)C(=O)c1ccc(Cl)nc1. The van der Waals surface area contributed by atoms with Crippen molar-refractivity contribution in [2.75, 3.05) is 0 Å².